The molecule has 0 saturated heterocycles. The molecule has 0 N–H and O–H groups in total. The minimum atomic E-state index is -0.428. The predicted octanol–water partition coefficient (Wildman–Crippen LogP) is 5.31. The highest BCUT2D eigenvalue weighted by molar-refractivity contribution is 9.10. The summed E-state index contributed by atoms with van der Waals surface area (Å²) < 4.78 is 29.8. The minimum absolute atomic E-state index is 0.210. The second-order valence-corrected chi connectivity index (χ2v) is 6.93. The molecule has 4 nitrogen and oxygen atoms in total. The first-order valence-corrected chi connectivity index (χ1v) is 8.85. The number of benzene rings is 2. The zero-order valence-corrected chi connectivity index (χ0v) is 15.7. The zero-order chi connectivity index (χ0) is 19.1. The van der Waals surface area contributed by atoms with Crippen molar-refractivity contribution in [3.63, 3.8) is 0 Å². The summed E-state index contributed by atoms with van der Waals surface area (Å²) in [6.07, 6.45) is 0. The fraction of sp³-hybridized carbons (Fsp3) is 0.0500. The molecule has 0 spiro atoms. The summed E-state index contributed by atoms with van der Waals surface area (Å²) in [4.78, 5) is 16.2. The molecule has 4 rings (SSSR count). The molecule has 0 aliphatic carbocycles. The van der Waals surface area contributed by atoms with Gasteiger partial charge in [-0.3, -0.25) is 4.79 Å². The van der Waals surface area contributed by atoms with Gasteiger partial charge in [0.25, 0.3) is 0 Å². The third kappa shape index (κ3) is 3.26. The third-order valence-electron chi connectivity index (χ3n) is 4.13. The smallest absolute Gasteiger partial charge is 0.178 e. The monoisotopic (exact) mass is 427 g/mol. The molecular weight excluding hydrogens is 416 g/mol. The van der Waals surface area contributed by atoms with Crippen LogP contribution in [0.1, 0.15) is 17.4 Å². The van der Waals surface area contributed by atoms with E-state index in [2.05, 4.69) is 26.0 Å². The van der Waals surface area contributed by atoms with E-state index in [1.165, 1.54) is 29.6 Å². The predicted molar refractivity (Wildman–Crippen MR) is 101 cm³/mol. The zero-order valence-electron chi connectivity index (χ0n) is 14.1. The average Bonchev–Trinajstić information content (AvgIpc) is 3.05. The van der Waals surface area contributed by atoms with E-state index in [1.807, 2.05) is 0 Å². The van der Waals surface area contributed by atoms with Crippen molar-refractivity contribution in [2.24, 2.45) is 0 Å². The van der Waals surface area contributed by atoms with E-state index in [-0.39, 0.29) is 17.3 Å². The molecule has 134 valence electrons. The standard InChI is InChI=1S/C20H12BrF2N3O/c1-11(27)17-9-19(12-2-5-14(22)6-3-12)26-20(24-17)10-18(25-26)15-7-4-13(21)8-16(15)23/h2-10H,1H3. The van der Waals surface area contributed by atoms with Crippen LogP contribution < -0.4 is 0 Å². The highest BCUT2D eigenvalue weighted by atomic mass is 79.9. The second-order valence-electron chi connectivity index (χ2n) is 6.01. The number of ketones is 1. The molecule has 2 aromatic heterocycles. The maximum absolute atomic E-state index is 14.3. The summed E-state index contributed by atoms with van der Waals surface area (Å²) in [5.41, 5.74) is 2.59. The first-order valence-electron chi connectivity index (χ1n) is 8.05. The van der Waals surface area contributed by atoms with E-state index in [0.717, 1.165) is 0 Å². The number of halogens is 3. The summed E-state index contributed by atoms with van der Waals surface area (Å²) >= 11 is 3.23. The van der Waals surface area contributed by atoms with E-state index < -0.39 is 5.82 Å². The first kappa shape index (κ1) is 17.5. The number of aromatic nitrogens is 3. The van der Waals surface area contributed by atoms with Crippen molar-refractivity contribution >= 4 is 27.4 Å². The number of fused-ring (bicyclic) bond motifs is 1. The van der Waals surface area contributed by atoms with Crippen LogP contribution in [0, 0.1) is 11.6 Å². The van der Waals surface area contributed by atoms with Gasteiger partial charge >= 0.3 is 0 Å². The van der Waals surface area contributed by atoms with E-state index in [0.29, 0.717) is 32.6 Å². The number of carbonyl (C=O) groups is 1. The molecule has 27 heavy (non-hydrogen) atoms. The van der Waals surface area contributed by atoms with Crippen LogP contribution in [0.25, 0.3) is 28.2 Å². The number of carbonyl (C=O) groups excluding carboxylic acids is 1. The molecule has 0 aliphatic rings. The van der Waals surface area contributed by atoms with Crippen molar-refractivity contribution < 1.29 is 13.6 Å². The molecule has 0 bridgehead atoms. The SMILES string of the molecule is CC(=O)c1cc(-c2ccc(F)cc2)n2nc(-c3ccc(Br)cc3F)cc2n1. The number of Topliss-reactive ketones (excluding diaryl/α,β-unsaturated/α-hetero) is 1. The van der Waals surface area contributed by atoms with Gasteiger partial charge in [0.15, 0.2) is 11.4 Å². The summed E-state index contributed by atoms with van der Waals surface area (Å²) in [6, 6.07) is 13.7. The fourth-order valence-corrected chi connectivity index (χ4v) is 3.14. The van der Waals surface area contributed by atoms with Crippen LogP contribution in [0.5, 0.6) is 0 Å². The van der Waals surface area contributed by atoms with Gasteiger partial charge in [-0.05, 0) is 48.5 Å². The highest BCUT2D eigenvalue weighted by Gasteiger charge is 2.16. The molecule has 0 saturated carbocycles. The minimum Gasteiger partial charge on any atom is -0.293 e. The average molecular weight is 428 g/mol. The molecule has 4 aromatic rings. The lowest BCUT2D eigenvalue weighted by Crippen LogP contribution is -2.03. The van der Waals surface area contributed by atoms with Crippen molar-refractivity contribution in [1.82, 2.24) is 14.6 Å². The quantitative estimate of drug-likeness (QED) is 0.416. The molecule has 0 unspecified atom stereocenters. The molecule has 0 amide bonds. The van der Waals surface area contributed by atoms with Gasteiger partial charge in [0.1, 0.15) is 17.3 Å². The number of hydrogen-bond donors (Lipinski definition) is 0. The van der Waals surface area contributed by atoms with Crippen LogP contribution in [0.2, 0.25) is 0 Å². The number of rotatable bonds is 3. The lowest BCUT2D eigenvalue weighted by Gasteiger charge is -2.07. The van der Waals surface area contributed by atoms with Crippen LogP contribution in [-0.4, -0.2) is 20.4 Å². The van der Waals surface area contributed by atoms with Gasteiger partial charge in [0.05, 0.1) is 11.4 Å². The van der Waals surface area contributed by atoms with Crippen LogP contribution in [0.3, 0.4) is 0 Å². The summed E-state index contributed by atoms with van der Waals surface area (Å²) in [5, 5.41) is 4.47. The van der Waals surface area contributed by atoms with Crippen LogP contribution >= 0.6 is 15.9 Å². The van der Waals surface area contributed by atoms with Crippen molar-refractivity contribution in [3.05, 3.63) is 76.4 Å². The van der Waals surface area contributed by atoms with Crippen molar-refractivity contribution in [1.29, 1.82) is 0 Å². The Morgan fingerprint density at radius 3 is 2.44 bits per heavy atom. The maximum Gasteiger partial charge on any atom is 0.178 e. The van der Waals surface area contributed by atoms with E-state index in [1.54, 1.807) is 36.4 Å². The van der Waals surface area contributed by atoms with Gasteiger partial charge in [-0.1, -0.05) is 15.9 Å². The maximum atomic E-state index is 14.3. The molecule has 0 atom stereocenters. The van der Waals surface area contributed by atoms with Gasteiger partial charge < -0.3 is 0 Å². The van der Waals surface area contributed by atoms with Gasteiger partial charge in [-0.2, -0.15) is 5.10 Å². The number of hydrogen-bond acceptors (Lipinski definition) is 3. The molecule has 2 aromatic carbocycles. The first-order chi connectivity index (χ1) is 12.9. The topological polar surface area (TPSA) is 47.3 Å². The van der Waals surface area contributed by atoms with Crippen molar-refractivity contribution in [2.45, 2.75) is 6.92 Å². The van der Waals surface area contributed by atoms with Crippen LogP contribution in [0.15, 0.2) is 59.1 Å². The van der Waals surface area contributed by atoms with E-state index in [9.17, 15) is 13.6 Å². The molecule has 0 fully saturated rings. The van der Waals surface area contributed by atoms with Crippen molar-refractivity contribution in [3.8, 4) is 22.5 Å². The van der Waals surface area contributed by atoms with Gasteiger partial charge in [0.2, 0.25) is 0 Å². The summed E-state index contributed by atoms with van der Waals surface area (Å²) in [6.45, 7) is 1.42. The summed E-state index contributed by atoms with van der Waals surface area (Å²) in [7, 11) is 0. The normalized spacial score (nSPS) is 11.1. The van der Waals surface area contributed by atoms with Gasteiger partial charge in [0, 0.05) is 28.6 Å². The largest absolute Gasteiger partial charge is 0.293 e. The number of nitrogens with zero attached hydrogens (tertiary/aromatic N) is 3. The van der Waals surface area contributed by atoms with Gasteiger partial charge in [-0.15, -0.1) is 0 Å². The highest BCUT2D eigenvalue weighted by Crippen LogP contribution is 2.28. The van der Waals surface area contributed by atoms with Crippen molar-refractivity contribution in [2.75, 3.05) is 0 Å². The summed E-state index contributed by atoms with van der Waals surface area (Å²) in [5.74, 6) is -1.00. The fourth-order valence-electron chi connectivity index (χ4n) is 2.81. The molecule has 2 heterocycles. The molecule has 0 radical (unpaired) electrons. The Morgan fingerprint density at radius 1 is 1.04 bits per heavy atom. The van der Waals surface area contributed by atoms with Gasteiger partial charge in [-0.25, -0.2) is 18.3 Å². The molecule has 0 aliphatic heterocycles. The van der Waals surface area contributed by atoms with E-state index in [4.69, 9.17) is 0 Å². The lowest BCUT2D eigenvalue weighted by atomic mass is 10.1. The Bertz CT molecular complexity index is 1190. The van der Waals surface area contributed by atoms with E-state index >= 15 is 0 Å². The Kier molecular flexibility index (Phi) is 4.31. The Morgan fingerprint density at radius 2 is 1.78 bits per heavy atom. The Balaban J connectivity index is 1.97. The van der Waals surface area contributed by atoms with Crippen LogP contribution in [-0.2, 0) is 0 Å². The second kappa shape index (κ2) is 6.66. The molecular formula is C20H12BrF2N3O. The van der Waals surface area contributed by atoms with Crippen LogP contribution in [0.4, 0.5) is 8.78 Å². The Hall–Kier alpha value is -2.93. The molecule has 7 heteroatoms. The lowest BCUT2D eigenvalue weighted by molar-refractivity contribution is 0.101. The Labute approximate surface area is 161 Å². The third-order valence-corrected chi connectivity index (χ3v) is 4.63.